The first-order chi connectivity index (χ1) is 10.4. The average molecular weight is 317 g/mol. The zero-order valence-corrected chi connectivity index (χ0v) is 12.5. The van der Waals surface area contributed by atoms with Crippen LogP contribution in [-0.2, 0) is 0 Å². The van der Waals surface area contributed by atoms with Gasteiger partial charge in [-0.25, -0.2) is 0 Å². The molecule has 0 N–H and O–H groups in total. The number of ether oxygens (including phenoxy) is 1. The van der Waals surface area contributed by atoms with Gasteiger partial charge in [-0.15, -0.1) is 38.4 Å². The molecule has 1 aliphatic rings. The maximum absolute atomic E-state index is 5.73. The van der Waals surface area contributed by atoms with Crippen LogP contribution in [-0.4, -0.2) is 36.8 Å². The van der Waals surface area contributed by atoms with E-state index in [1.165, 1.54) is 21.7 Å². The predicted octanol–water partition coefficient (Wildman–Crippen LogP) is 2.79. The number of benzene rings is 1. The van der Waals surface area contributed by atoms with Gasteiger partial charge in [-0.1, -0.05) is 12.1 Å². The Balaban J connectivity index is 1.53. The average Bonchev–Trinajstić information content (AvgIpc) is 3.19. The van der Waals surface area contributed by atoms with Crippen LogP contribution in [0.2, 0.25) is 0 Å². The summed E-state index contributed by atoms with van der Waals surface area (Å²) in [5, 5.41) is 15.3. The first-order valence-corrected chi connectivity index (χ1v) is 8.55. The molecule has 4 rings (SSSR count). The van der Waals surface area contributed by atoms with Gasteiger partial charge in [0.25, 0.3) is 0 Å². The summed E-state index contributed by atoms with van der Waals surface area (Å²) >= 11 is 3.98. The molecule has 0 amide bonds. The fourth-order valence-corrected chi connectivity index (χ4v) is 4.91. The van der Waals surface area contributed by atoms with Gasteiger partial charge in [-0.2, -0.15) is 0 Å². The molecule has 21 heavy (non-hydrogen) atoms. The summed E-state index contributed by atoms with van der Waals surface area (Å²) in [4.78, 5) is 0. The molecule has 0 spiro atoms. The Kier molecular flexibility index (Phi) is 3.40. The molecule has 3 heterocycles. The van der Waals surface area contributed by atoms with E-state index >= 15 is 0 Å². The molecule has 8 heteroatoms. The molecule has 0 aliphatic carbocycles. The molecule has 6 nitrogen and oxygen atoms in total. The van der Waals surface area contributed by atoms with Gasteiger partial charge < -0.3 is 4.74 Å². The van der Waals surface area contributed by atoms with E-state index in [2.05, 4.69) is 32.8 Å². The topological polar surface area (TPSA) is 65.2 Å². The number of fused-ring (bicyclic) bond motifs is 1. The van der Waals surface area contributed by atoms with Gasteiger partial charge in [0, 0.05) is 17.6 Å². The van der Waals surface area contributed by atoms with Crippen LogP contribution in [0.4, 0.5) is 0 Å². The standard InChI is InChI=1S/C13H11N5OS2/c1-3-10(4-2-9(1)13-20-7-8-21-13)19-12-6-5-11-14-16-17-18(11)15-12/h1-6,13H,7-8H2. The molecule has 106 valence electrons. The zero-order valence-electron chi connectivity index (χ0n) is 10.9. The largest absolute Gasteiger partial charge is 0.438 e. The lowest BCUT2D eigenvalue weighted by Gasteiger charge is -2.09. The van der Waals surface area contributed by atoms with E-state index in [1.54, 1.807) is 12.1 Å². The van der Waals surface area contributed by atoms with Crippen LogP contribution in [0.15, 0.2) is 36.4 Å². The molecule has 1 aromatic carbocycles. The third-order valence-electron chi connectivity index (χ3n) is 3.04. The normalized spacial score (nSPS) is 15.6. The lowest BCUT2D eigenvalue weighted by atomic mass is 10.2. The molecule has 0 unspecified atom stereocenters. The Bertz CT molecular complexity index is 755. The smallest absolute Gasteiger partial charge is 0.239 e. The number of aromatic nitrogens is 5. The molecule has 3 aromatic rings. The summed E-state index contributed by atoms with van der Waals surface area (Å²) in [6, 6.07) is 11.7. The number of hydrogen-bond acceptors (Lipinski definition) is 7. The van der Waals surface area contributed by atoms with Crippen molar-refractivity contribution in [3.8, 4) is 11.6 Å². The third-order valence-corrected chi connectivity index (χ3v) is 6.15. The minimum atomic E-state index is 0.465. The highest BCUT2D eigenvalue weighted by molar-refractivity contribution is 8.19. The quantitative estimate of drug-likeness (QED) is 0.736. The number of tetrazole rings is 1. The van der Waals surface area contributed by atoms with Crippen LogP contribution in [0, 0.1) is 0 Å². The monoisotopic (exact) mass is 317 g/mol. The highest BCUT2D eigenvalue weighted by Gasteiger charge is 2.18. The second-order valence-corrected chi connectivity index (χ2v) is 7.17. The van der Waals surface area contributed by atoms with Gasteiger partial charge >= 0.3 is 0 Å². The van der Waals surface area contributed by atoms with Gasteiger partial charge in [0.1, 0.15) is 5.75 Å². The molecule has 0 radical (unpaired) electrons. The molecular weight excluding hydrogens is 306 g/mol. The number of nitrogens with zero attached hydrogens (tertiary/aromatic N) is 5. The molecule has 2 aromatic heterocycles. The number of rotatable bonds is 3. The summed E-state index contributed by atoms with van der Waals surface area (Å²) in [6.45, 7) is 0. The summed E-state index contributed by atoms with van der Waals surface area (Å²) < 4.78 is 7.63. The second kappa shape index (κ2) is 5.53. The number of hydrogen-bond donors (Lipinski definition) is 0. The van der Waals surface area contributed by atoms with Crippen molar-refractivity contribution >= 4 is 29.2 Å². The maximum Gasteiger partial charge on any atom is 0.239 e. The van der Waals surface area contributed by atoms with Gasteiger partial charge in [0.15, 0.2) is 5.65 Å². The van der Waals surface area contributed by atoms with Crippen LogP contribution in [0.1, 0.15) is 10.1 Å². The van der Waals surface area contributed by atoms with Crippen LogP contribution in [0.5, 0.6) is 11.6 Å². The SMILES string of the molecule is c1cc(C2SCCS2)ccc1Oc1ccc2nnnn2n1. The van der Waals surface area contributed by atoms with Crippen LogP contribution in [0.3, 0.4) is 0 Å². The highest BCUT2D eigenvalue weighted by atomic mass is 32.2. The first kappa shape index (κ1) is 12.9. The van der Waals surface area contributed by atoms with E-state index < -0.39 is 0 Å². The van der Waals surface area contributed by atoms with E-state index in [9.17, 15) is 0 Å². The zero-order chi connectivity index (χ0) is 14.1. The van der Waals surface area contributed by atoms with E-state index in [0.29, 0.717) is 16.1 Å². The first-order valence-electron chi connectivity index (χ1n) is 6.45. The van der Waals surface area contributed by atoms with Crippen LogP contribution < -0.4 is 4.74 Å². The highest BCUT2D eigenvalue weighted by Crippen LogP contribution is 2.45. The van der Waals surface area contributed by atoms with Crippen LogP contribution >= 0.6 is 23.5 Å². The number of thioether (sulfide) groups is 2. The third kappa shape index (κ3) is 2.68. The Morgan fingerprint density at radius 1 is 1.05 bits per heavy atom. The van der Waals surface area contributed by atoms with Crippen molar-refractivity contribution in [2.75, 3.05) is 11.5 Å². The maximum atomic E-state index is 5.73. The van der Waals surface area contributed by atoms with Gasteiger partial charge in [0.2, 0.25) is 5.88 Å². The van der Waals surface area contributed by atoms with E-state index in [0.717, 1.165) is 5.75 Å². The molecular formula is C13H11N5OS2. The molecule has 0 saturated carbocycles. The van der Waals surface area contributed by atoms with Crippen LogP contribution in [0.25, 0.3) is 5.65 Å². The minimum Gasteiger partial charge on any atom is -0.438 e. The van der Waals surface area contributed by atoms with Gasteiger partial charge in [0.05, 0.1) is 4.58 Å². The fraction of sp³-hybridized carbons (Fsp3) is 0.231. The minimum absolute atomic E-state index is 0.465. The van der Waals surface area contributed by atoms with Crippen molar-refractivity contribution in [2.45, 2.75) is 4.58 Å². The fourth-order valence-electron chi connectivity index (χ4n) is 2.05. The van der Waals surface area contributed by atoms with E-state index in [-0.39, 0.29) is 0 Å². The molecule has 1 fully saturated rings. The van der Waals surface area contributed by atoms with Crippen molar-refractivity contribution in [1.29, 1.82) is 0 Å². The van der Waals surface area contributed by atoms with Gasteiger partial charge in [-0.05, 0) is 34.2 Å². The Morgan fingerprint density at radius 2 is 1.86 bits per heavy atom. The van der Waals surface area contributed by atoms with E-state index in [4.69, 9.17) is 4.74 Å². The lowest BCUT2D eigenvalue weighted by molar-refractivity contribution is 0.447. The second-order valence-electron chi connectivity index (χ2n) is 4.44. The summed E-state index contributed by atoms with van der Waals surface area (Å²) in [6.07, 6.45) is 0. The summed E-state index contributed by atoms with van der Waals surface area (Å²) in [5.74, 6) is 3.67. The van der Waals surface area contributed by atoms with Crippen molar-refractivity contribution in [2.24, 2.45) is 0 Å². The van der Waals surface area contributed by atoms with Crippen molar-refractivity contribution in [3.63, 3.8) is 0 Å². The Labute approximate surface area is 129 Å². The summed E-state index contributed by atoms with van der Waals surface area (Å²) in [5.41, 5.74) is 1.92. The Morgan fingerprint density at radius 3 is 2.67 bits per heavy atom. The summed E-state index contributed by atoms with van der Waals surface area (Å²) in [7, 11) is 0. The van der Waals surface area contributed by atoms with Gasteiger partial charge in [-0.3, -0.25) is 0 Å². The van der Waals surface area contributed by atoms with E-state index in [1.807, 2.05) is 35.7 Å². The molecule has 0 bridgehead atoms. The molecule has 1 saturated heterocycles. The predicted molar refractivity (Wildman–Crippen MR) is 82.8 cm³/mol. The molecule has 0 atom stereocenters. The Hall–Kier alpha value is -1.80. The van der Waals surface area contributed by atoms with Crippen molar-refractivity contribution < 1.29 is 4.74 Å². The molecule has 1 aliphatic heterocycles. The van der Waals surface area contributed by atoms with Crippen molar-refractivity contribution in [1.82, 2.24) is 25.3 Å². The lowest BCUT2D eigenvalue weighted by Crippen LogP contribution is -1.97. The van der Waals surface area contributed by atoms with Crippen molar-refractivity contribution in [3.05, 3.63) is 42.0 Å².